The third-order valence-electron chi connectivity index (χ3n) is 4.92. The lowest BCUT2D eigenvalue weighted by atomic mass is 9.75. The zero-order valence-corrected chi connectivity index (χ0v) is 14.5. The quantitative estimate of drug-likeness (QED) is 0.844. The van der Waals surface area contributed by atoms with E-state index in [-0.39, 0.29) is 12.1 Å². The number of carbonyl (C=O) groups excluding carboxylic acids is 1. The Hall–Kier alpha value is -1.88. The normalized spacial score (nSPS) is 26.6. The molecular formula is C19H26N2O3. The van der Waals surface area contributed by atoms with Gasteiger partial charge in [-0.3, -0.25) is 4.79 Å². The highest BCUT2D eigenvalue weighted by Gasteiger charge is 2.44. The van der Waals surface area contributed by atoms with Crippen molar-refractivity contribution in [3.05, 3.63) is 35.4 Å². The molecule has 1 aromatic carbocycles. The van der Waals surface area contributed by atoms with Crippen LogP contribution in [0.1, 0.15) is 43.7 Å². The molecule has 2 atom stereocenters. The van der Waals surface area contributed by atoms with E-state index in [1.165, 1.54) is 5.56 Å². The van der Waals surface area contributed by atoms with Gasteiger partial charge in [-0.05, 0) is 38.8 Å². The van der Waals surface area contributed by atoms with Crippen molar-refractivity contribution in [2.45, 2.75) is 45.6 Å². The molecule has 0 radical (unpaired) electrons. The van der Waals surface area contributed by atoms with Crippen LogP contribution in [-0.2, 0) is 14.4 Å². The summed E-state index contributed by atoms with van der Waals surface area (Å²) in [5.74, 6) is -0.107. The standard InChI is InChI=1S/C19H26N2O3/c1-3-23-18(22)19(9-4-10-20-13-19)12-16-11-17(21-24-16)15-7-5-14(2)6-8-15/h5-8,16,20H,3-4,9-13H2,1-2H3/t16-,19-/m0/s1. The van der Waals surface area contributed by atoms with E-state index in [0.717, 1.165) is 37.1 Å². The van der Waals surface area contributed by atoms with E-state index in [4.69, 9.17) is 9.57 Å². The second-order valence-electron chi connectivity index (χ2n) is 6.82. The first-order valence-corrected chi connectivity index (χ1v) is 8.81. The van der Waals surface area contributed by atoms with Crippen molar-refractivity contribution in [1.82, 2.24) is 5.32 Å². The van der Waals surface area contributed by atoms with Gasteiger partial charge in [0.1, 0.15) is 6.10 Å². The molecule has 24 heavy (non-hydrogen) atoms. The number of aryl methyl sites for hydroxylation is 1. The highest BCUT2D eigenvalue weighted by molar-refractivity contribution is 6.01. The average molecular weight is 330 g/mol. The minimum atomic E-state index is -0.489. The number of oxime groups is 1. The van der Waals surface area contributed by atoms with Crippen LogP contribution >= 0.6 is 0 Å². The number of carbonyl (C=O) groups is 1. The Morgan fingerprint density at radius 1 is 1.42 bits per heavy atom. The van der Waals surface area contributed by atoms with E-state index in [2.05, 4.69) is 41.7 Å². The minimum absolute atomic E-state index is 0.0643. The van der Waals surface area contributed by atoms with Crippen LogP contribution in [0.4, 0.5) is 0 Å². The Kier molecular flexibility index (Phi) is 5.19. The highest BCUT2D eigenvalue weighted by Crippen LogP contribution is 2.36. The molecule has 0 bridgehead atoms. The molecule has 0 aliphatic carbocycles. The molecule has 1 aromatic rings. The van der Waals surface area contributed by atoms with Gasteiger partial charge in [0.15, 0.2) is 0 Å². The molecule has 1 saturated heterocycles. The molecule has 2 aliphatic heterocycles. The number of piperidine rings is 1. The van der Waals surface area contributed by atoms with Crippen LogP contribution in [0.3, 0.4) is 0 Å². The van der Waals surface area contributed by atoms with E-state index in [1.807, 2.05) is 6.92 Å². The zero-order chi connectivity index (χ0) is 17.0. The molecule has 0 spiro atoms. The van der Waals surface area contributed by atoms with Gasteiger partial charge in [-0.15, -0.1) is 0 Å². The molecule has 0 saturated carbocycles. The summed E-state index contributed by atoms with van der Waals surface area (Å²) in [5.41, 5.74) is 2.79. The number of hydrogen-bond donors (Lipinski definition) is 1. The maximum atomic E-state index is 12.5. The van der Waals surface area contributed by atoms with Gasteiger partial charge in [-0.1, -0.05) is 35.0 Å². The third-order valence-corrected chi connectivity index (χ3v) is 4.92. The molecule has 2 aliphatic rings. The highest BCUT2D eigenvalue weighted by atomic mass is 16.6. The molecule has 1 fully saturated rings. The Bertz CT molecular complexity index is 604. The van der Waals surface area contributed by atoms with Crippen LogP contribution in [0.25, 0.3) is 0 Å². The molecule has 0 amide bonds. The van der Waals surface area contributed by atoms with Crippen molar-refractivity contribution >= 4 is 11.7 Å². The van der Waals surface area contributed by atoms with Crippen molar-refractivity contribution in [1.29, 1.82) is 0 Å². The van der Waals surface area contributed by atoms with Gasteiger partial charge >= 0.3 is 5.97 Å². The van der Waals surface area contributed by atoms with Crippen LogP contribution in [0.2, 0.25) is 0 Å². The summed E-state index contributed by atoms with van der Waals surface area (Å²) in [6.45, 7) is 5.95. The number of hydrogen-bond acceptors (Lipinski definition) is 5. The first-order chi connectivity index (χ1) is 11.6. The topological polar surface area (TPSA) is 59.9 Å². The number of benzene rings is 1. The van der Waals surface area contributed by atoms with Crippen molar-refractivity contribution in [3.8, 4) is 0 Å². The van der Waals surface area contributed by atoms with Gasteiger partial charge < -0.3 is 14.9 Å². The van der Waals surface area contributed by atoms with E-state index < -0.39 is 5.41 Å². The van der Waals surface area contributed by atoms with Crippen LogP contribution in [0.15, 0.2) is 29.4 Å². The summed E-state index contributed by atoms with van der Waals surface area (Å²) in [6, 6.07) is 8.30. The van der Waals surface area contributed by atoms with Crippen molar-refractivity contribution in [2.24, 2.45) is 10.6 Å². The summed E-state index contributed by atoms with van der Waals surface area (Å²) in [6.07, 6.45) is 3.16. The molecule has 2 heterocycles. The number of nitrogens with one attached hydrogen (secondary N) is 1. The molecule has 5 heteroatoms. The first kappa shape index (κ1) is 17.0. The number of ether oxygens (including phenoxy) is 1. The summed E-state index contributed by atoms with van der Waals surface area (Å²) >= 11 is 0. The molecule has 0 unspecified atom stereocenters. The van der Waals surface area contributed by atoms with Crippen molar-refractivity contribution in [2.75, 3.05) is 19.7 Å². The van der Waals surface area contributed by atoms with Gasteiger partial charge in [0.25, 0.3) is 0 Å². The van der Waals surface area contributed by atoms with Gasteiger partial charge in [0.05, 0.1) is 17.7 Å². The molecule has 130 valence electrons. The SMILES string of the molecule is CCOC(=O)[C@]1(C[C@@H]2CC(c3ccc(C)cc3)=NO2)CCCNC1. The van der Waals surface area contributed by atoms with Gasteiger partial charge in [-0.25, -0.2) is 0 Å². The van der Waals surface area contributed by atoms with Crippen LogP contribution in [-0.4, -0.2) is 37.5 Å². The van der Waals surface area contributed by atoms with Gasteiger partial charge in [0, 0.05) is 19.4 Å². The maximum Gasteiger partial charge on any atom is 0.313 e. The Morgan fingerprint density at radius 3 is 2.88 bits per heavy atom. The second-order valence-corrected chi connectivity index (χ2v) is 6.82. The van der Waals surface area contributed by atoms with Crippen LogP contribution in [0.5, 0.6) is 0 Å². The van der Waals surface area contributed by atoms with Crippen LogP contribution < -0.4 is 5.32 Å². The number of esters is 1. The third kappa shape index (κ3) is 3.61. The monoisotopic (exact) mass is 330 g/mol. The van der Waals surface area contributed by atoms with Gasteiger partial charge in [-0.2, -0.15) is 0 Å². The lowest BCUT2D eigenvalue weighted by molar-refractivity contribution is -0.159. The van der Waals surface area contributed by atoms with Crippen LogP contribution in [0, 0.1) is 12.3 Å². The zero-order valence-electron chi connectivity index (χ0n) is 14.5. The fraction of sp³-hybridized carbons (Fsp3) is 0.579. The smallest absolute Gasteiger partial charge is 0.313 e. The van der Waals surface area contributed by atoms with Crippen molar-refractivity contribution < 1.29 is 14.4 Å². The van der Waals surface area contributed by atoms with E-state index in [1.54, 1.807) is 0 Å². The lowest BCUT2D eigenvalue weighted by Crippen LogP contribution is -2.48. The largest absolute Gasteiger partial charge is 0.466 e. The number of nitrogens with zero attached hydrogens (tertiary/aromatic N) is 1. The number of rotatable bonds is 5. The summed E-state index contributed by atoms with van der Waals surface area (Å²) < 4.78 is 5.35. The van der Waals surface area contributed by atoms with Crippen molar-refractivity contribution in [3.63, 3.8) is 0 Å². The Morgan fingerprint density at radius 2 is 2.21 bits per heavy atom. The summed E-state index contributed by atoms with van der Waals surface area (Å²) in [7, 11) is 0. The minimum Gasteiger partial charge on any atom is -0.466 e. The molecule has 1 N–H and O–H groups in total. The molecular weight excluding hydrogens is 304 g/mol. The fourth-order valence-corrected chi connectivity index (χ4v) is 3.57. The van der Waals surface area contributed by atoms with Gasteiger partial charge in [0.2, 0.25) is 0 Å². The average Bonchev–Trinajstić information content (AvgIpc) is 3.05. The molecule has 5 nitrogen and oxygen atoms in total. The van der Waals surface area contributed by atoms with E-state index >= 15 is 0 Å². The molecule has 0 aromatic heterocycles. The van der Waals surface area contributed by atoms with E-state index in [0.29, 0.717) is 19.6 Å². The first-order valence-electron chi connectivity index (χ1n) is 8.81. The predicted octanol–water partition coefficient (Wildman–Crippen LogP) is 2.81. The predicted molar refractivity (Wildman–Crippen MR) is 93.0 cm³/mol. The summed E-state index contributed by atoms with van der Waals surface area (Å²) in [4.78, 5) is 18.2. The Balaban J connectivity index is 1.66. The maximum absolute atomic E-state index is 12.5. The Labute approximate surface area is 143 Å². The summed E-state index contributed by atoms with van der Waals surface area (Å²) in [5, 5.41) is 7.61. The lowest BCUT2D eigenvalue weighted by Gasteiger charge is -2.36. The molecule has 3 rings (SSSR count). The van der Waals surface area contributed by atoms with E-state index in [9.17, 15) is 4.79 Å². The second kappa shape index (κ2) is 7.34. The fourth-order valence-electron chi connectivity index (χ4n) is 3.57.